The normalized spacial score (nSPS) is 23.1. The van der Waals surface area contributed by atoms with Crippen molar-refractivity contribution in [3.8, 4) is 16.9 Å². The number of nitrogens with two attached hydrogens (primary N) is 3. The number of carbonyl (C=O) groups is 17. The number of aliphatic hydroxyl groups is 1. The van der Waals surface area contributed by atoms with Crippen LogP contribution >= 0.6 is 11.8 Å². The number of fused-ring (bicyclic) bond motifs is 1. The van der Waals surface area contributed by atoms with E-state index in [0.29, 0.717) is 39.4 Å². The maximum absolute atomic E-state index is 15.5. The smallest absolute Gasteiger partial charge is 0.305 e. The van der Waals surface area contributed by atoms with Gasteiger partial charge in [0.2, 0.25) is 94.5 Å². The maximum Gasteiger partial charge on any atom is 0.305 e. The van der Waals surface area contributed by atoms with E-state index in [4.69, 9.17) is 28.0 Å². The Kier molecular flexibility index (Phi) is 44.1. The number of nitrogens with one attached hydrogen (secondary N) is 19. The minimum Gasteiger partial charge on any atom is -0.508 e. The van der Waals surface area contributed by atoms with Gasteiger partial charge < -0.3 is 127 Å². The van der Waals surface area contributed by atoms with Crippen LogP contribution in [0.5, 0.6) is 5.75 Å². The number of likely N-dealkylation sites (N-methyl/N-ethyl adjacent to an activating group) is 1. The lowest BCUT2D eigenvalue weighted by molar-refractivity contribution is -0.142. The van der Waals surface area contributed by atoms with Crippen LogP contribution in [0.2, 0.25) is 0 Å². The number of rotatable bonds is 28. The van der Waals surface area contributed by atoms with Crippen molar-refractivity contribution in [2.75, 3.05) is 31.6 Å². The van der Waals surface area contributed by atoms with Crippen LogP contribution in [0.1, 0.15) is 136 Å². The van der Waals surface area contributed by atoms with E-state index in [1.165, 1.54) is 65.9 Å². The summed E-state index contributed by atoms with van der Waals surface area (Å²) < 4.78 is 0. The van der Waals surface area contributed by atoms with Crippen molar-refractivity contribution in [2.45, 2.75) is 237 Å². The number of thioether (sulfide) groups is 1. The monoisotopic (exact) mass is 1960 g/mol. The standard InChI is InChI=1S/C96H133N23O20S/c1-12-64-82(127)108-66(29-21-39-102-95(98)99)83(128)110-68(41-50(2)3)88(133)117-78(52(6)7)92(137)118-79(55(10)120)93(138)115-74(90(135)105-53(8)80(97)125)48-140-49-75(122)106-69(42-56-23-15-13-16-24-56)84(129)111-70(44-58-33-37-62(121)38-34-58)86(131)113-73(46-76(123)124)87(132)112-72(45-61-47-104-65-28-20-19-27-63(61)65)89(134)116-77(51(4)5)91(136)114-71(43-57-31-35-60(36-32-57)59-25-17-14-18-26-59)85(130)109-67(30-22-40-103-96(100)101)94(139)119(11)54(9)81(126)107-64/h13-20,23-28,31-38,47,50-55,64,66-74,77-79,104,120-121H,12,21-22,29-30,39-46,48-49H2,1-11H3,(H2,97,125)(H,105,135)(H,106,122)(H,107,126)(H,108,127)(H,109,130)(H,110,128)(H,111,129)(H,112,132)(H,113,131)(H,114,136)(H,115,138)(H,116,134)(H,117,133)(H,118,137)(H,123,124)(H4,98,99,102)(H4,100,101,103)/t53-,54-,55+,64+,66-,67-,68-,69-,70-,71-,72-,73-,74-,77-,78-,79-/m0/s1. The zero-order valence-electron chi connectivity index (χ0n) is 80.2. The molecule has 1 aliphatic heterocycles. The summed E-state index contributed by atoms with van der Waals surface area (Å²) in [6, 6.07) is 12.4. The number of nitrogens with zero attached hydrogens (tertiary/aromatic N) is 1. The van der Waals surface area contributed by atoms with Crippen molar-refractivity contribution in [1.29, 1.82) is 10.8 Å². The molecule has 1 saturated heterocycles. The van der Waals surface area contributed by atoms with Gasteiger partial charge in [-0.05, 0) is 129 Å². The molecule has 0 unspecified atom stereocenters. The summed E-state index contributed by atoms with van der Waals surface area (Å²) >= 11 is 0.707. The number of aromatic amines is 1. The Hall–Kier alpha value is -14.7. The van der Waals surface area contributed by atoms with Crippen LogP contribution in [0.3, 0.4) is 0 Å². The number of aromatic hydroxyl groups is 1. The molecule has 758 valence electrons. The highest BCUT2D eigenvalue weighted by molar-refractivity contribution is 8.00. The number of amides is 16. The Morgan fingerprint density at radius 2 is 0.886 bits per heavy atom. The van der Waals surface area contributed by atoms with Crippen molar-refractivity contribution in [2.24, 2.45) is 35.0 Å². The SMILES string of the molecule is CC[C@H]1NC(=O)[C@H](C)N(C)C(=O)[C@H](CCCNC(=N)N)NC(=O)[C@H](Cc2ccc(-c3ccccc3)cc2)NC(=O)[C@H](C(C)C)NC(=O)[C@H](Cc2c[nH]c3ccccc23)NC(=O)[C@H](CC(=O)O)NC(=O)[C@H](Cc2ccc(O)cc2)NC(=O)[C@H](Cc2ccccc2)NC(=O)CSC[C@@H](C(=O)N[C@@H](C)C(N)=O)NC(=O)[C@H]([C@@H](C)O)NC(=O)[C@H](C(C)C)NC(=O)[C@H](CC(C)C)NC(=O)[C@H](CCCNC(=N)N)NC1=O. The van der Waals surface area contributed by atoms with E-state index in [1.807, 2.05) is 30.3 Å². The summed E-state index contributed by atoms with van der Waals surface area (Å²) in [6.45, 7) is 14.9. The molecule has 7 rings (SSSR count). The highest BCUT2D eigenvalue weighted by Gasteiger charge is 2.42. The number of hydrogen-bond donors (Lipinski definition) is 25. The van der Waals surface area contributed by atoms with Gasteiger partial charge in [0, 0.05) is 68.7 Å². The molecule has 44 heteroatoms. The fourth-order valence-corrected chi connectivity index (χ4v) is 16.0. The minimum atomic E-state index is -2.08. The van der Waals surface area contributed by atoms with Gasteiger partial charge in [-0.1, -0.05) is 164 Å². The molecular formula is C96H133N23O20S. The van der Waals surface area contributed by atoms with Gasteiger partial charge in [0.25, 0.3) is 0 Å². The second-order valence-electron chi connectivity index (χ2n) is 35.6. The van der Waals surface area contributed by atoms with Crippen molar-refractivity contribution < 1.29 is 96.8 Å². The molecule has 1 fully saturated rings. The van der Waals surface area contributed by atoms with Gasteiger partial charge in [0.05, 0.1) is 18.3 Å². The zero-order chi connectivity index (χ0) is 103. The fourth-order valence-electron chi connectivity index (χ4n) is 15.2. The quantitative estimate of drug-likeness (QED) is 0.0157. The topological polar surface area (TPSA) is 688 Å². The van der Waals surface area contributed by atoms with Gasteiger partial charge in [0.1, 0.15) is 96.4 Å². The molecule has 2 heterocycles. The molecule has 28 N–H and O–H groups in total. The molecule has 1 aliphatic rings. The molecule has 0 radical (unpaired) electrons. The molecule has 6 aromatic rings. The number of aliphatic hydroxyl groups excluding tert-OH is 1. The number of para-hydroxylation sites is 1. The summed E-state index contributed by atoms with van der Waals surface area (Å²) in [7, 11) is 1.26. The van der Waals surface area contributed by atoms with E-state index in [2.05, 4.69) is 90.1 Å². The van der Waals surface area contributed by atoms with E-state index in [1.54, 1.807) is 113 Å². The Morgan fingerprint density at radius 3 is 1.41 bits per heavy atom. The van der Waals surface area contributed by atoms with Gasteiger partial charge in [-0.3, -0.25) is 92.3 Å². The summed E-state index contributed by atoms with van der Waals surface area (Å²) in [5.74, 6) is -22.1. The lowest BCUT2D eigenvalue weighted by Crippen LogP contribution is -2.62. The predicted molar refractivity (Wildman–Crippen MR) is 523 cm³/mol. The third kappa shape index (κ3) is 35.7. The number of benzene rings is 5. The number of aliphatic carboxylic acids is 1. The molecule has 43 nitrogen and oxygen atoms in total. The summed E-state index contributed by atoms with van der Waals surface area (Å²) in [5.41, 5.74) is 20.6. The number of guanidine groups is 2. The first-order valence-electron chi connectivity index (χ1n) is 46.3. The number of carbonyl (C=O) groups excluding carboxylic acids is 16. The van der Waals surface area contributed by atoms with Crippen LogP contribution in [-0.4, -0.2) is 266 Å². The molecule has 5 aromatic carbocycles. The van der Waals surface area contributed by atoms with Crippen LogP contribution in [0, 0.1) is 28.6 Å². The second kappa shape index (κ2) is 55.0. The summed E-state index contributed by atoms with van der Waals surface area (Å²) in [4.78, 5) is 253. The van der Waals surface area contributed by atoms with E-state index >= 15 is 33.6 Å². The van der Waals surface area contributed by atoms with Gasteiger partial charge in [-0.25, -0.2) is 0 Å². The molecule has 16 atom stereocenters. The van der Waals surface area contributed by atoms with Crippen LogP contribution < -0.4 is 102 Å². The van der Waals surface area contributed by atoms with Crippen LogP contribution in [0.25, 0.3) is 22.0 Å². The van der Waals surface area contributed by atoms with Gasteiger partial charge in [-0.15, -0.1) is 11.8 Å². The molecule has 1 aromatic heterocycles. The number of primary amides is 1. The maximum atomic E-state index is 15.5. The minimum absolute atomic E-state index is 0.00701. The van der Waals surface area contributed by atoms with Crippen LogP contribution in [0.15, 0.2) is 140 Å². The van der Waals surface area contributed by atoms with E-state index < -0.39 is 245 Å². The first-order chi connectivity index (χ1) is 66.3. The summed E-state index contributed by atoms with van der Waals surface area (Å²) in [6.07, 6.45) is -3.23. The van der Waals surface area contributed by atoms with Gasteiger partial charge >= 0.3 is 5.97 Å². The fraction of sp³-hybridized carbons (Fsp3) is 0.469. The number of phenolic OH excluding ortho intramolecular Hbond substituents is 1. The number of phenols is 1. The van der Waals surface area contributed by atoms with Crippen molar-refractivity contribution in [3.05, 3.63) is 162 Å². The number of aromatic nitrogens is 1. The predicted octanol–water partition coefficient (Wildman–Crippen LogP) is -1.15. The van der Waals surface area contributed by atoms with Crippen LogP contribution in [-0.2, 0) is 107 Å². The Labute approximate surface area is 815 Å². The first-order valence-corrected chi connectivity index (χ1v) is 47.4. The highest BCUT2D eigenvalue weighted by Crippen LogP contribution is 2.24. The third-order valence-electron chi connectivity index (χ3n) is 23.2. The Morgan fingerprint density at radius 1 is 0.471 bits per heavy atom. The molecule has 0 bridgehead atoms. The lowest BCUT2D eigenvalue weighted by atomic mass is 9.98. The van der Waals surface area contributed by atoms with E-state index in [0.717, 1.165) is 23.0 Å². The largest absolute Gasteiger partial charge is 0.508 e. The molecule has 0 spiro atoms. The second-order valence-corrected chi connectivity index (χ2v) is 36.7. The number of carboxylic acids is 1. The van der Waals surface area contributed by atoms with E-state index in [9.17, 15) is 63.3 Å². The molecule has 140 heavy (non-hydrogen) atoms. The molecule has 0 saturated carbocycles. The van der Waals surface area contributed by atoms with Gasteiger partial charge in [-0.2, -0.15) is 0 Å². The van der Waals surface area contributed by atoms with Crippen molar-refractivity contribution in [1.82, 2.24) is 95.0 Å². The summed E-state index contributed by atoms with van der Waals surface area (Å²) in [5, 5.41) is 90.2. The van der Waals surface area contributed by atoms with E-state index in [-0.39, 0.29) is 88.1 Å². The highest BCUT2D eigenvalue weighted by atomic mass is 32.2. The molecular weight excluding hydrogens is 1830 g/mol. The molecule has 16 amide bonds. The molecule has 0 aliphatic carbocycles. The number of carboxylic acid groups (broad SMARTS) is 1. The van der Waals surface area contributed by atoms with Crippen molar-refractivity contribution in [3.63, 3.8) is 0 Å². The number of hydrogen-bond acceptors (Lipinski definition) is 22. The number of H-pyrrole nitrogens is 1. The average Bonchev–Trinajstić information content (AvgIpc) is 1.74. The van der Waals surface area contributed by atoms with Gasteiger partial charge in [0.15, 0.2) is 11.9 Å². The lowest BCUT2D eigenvalue weighted by Gasteiger charge is -2.31. The first kappa shape index (κ1) is 112. The third-order valence-corrected chi connectivity index (χ3v) is 24.3. The van der Waals surface area contributed by atoms with Crippen LogP contribution in [0.4, 0.5) is 0 Å². The Bertz CT molecular complexity index is 5320. The zero-order valence-corrected chi connectivity index (χ0v) is 81.0. The average molecular weight is 1960 g/mol. The Balaban J connectivity index is 1.34. The van der Waals surface area contributed by atoms with Crippen molar-refractivity contribution >= 4 is 135 Å².